The van der Waals surface area contributed by atoms with Crippen LogP contribution in [-0.2, 0) is 4.79 Å². The molecular formula is C17H26N2O2. The average Bonchev–Trinajstić information content (AvgIpc) is 3.21. The predicted molar refractivity (Wildman–Crippen MR) is 84.5 cm³/mol. The average molecular weight is 290 g/mol. The number of carbonyl (C=O) groups excluding carboxylic acids is 1. The second-order valence-corrected chi connectivity index (χ2v) is 5.60. The van der Waals surface area contributed by atoms with E-state index in [1.54, 1.807) is 7.11 Å². The van der Waals surface area contributed by atoms with Crippen LogP contribution in [0.4, 0.5) is 0 Å². The summed E-state index contributed by atoms with van der Waals surface area (Å²) in [5.41, 5.74) is 1.16. The smallest absolute Gasteiger partial charge is 0.223 e. The predicted octanol–water partition coefficient (Wildman–Crippen LogP) is 2.75. The Balaban J connectivity index is 0.000000272. The van der Waals surface area contributed by atoms with Crippen LogP contribution >= 0.6 is 0 Å². The molecule has 1 atom stereocenters. The number of amides is 1. The molecule has 1 aromatic carbocycles. The van der Waals surface area contributed by atoms with Crippen LogP contribution in [0.25, 0.3) is 0 Å². The van der Waals surface area contributed by atoms with Gasteiger partial charge in [-0.1, -0.05) is 12.1 Å². The topological polar surface area (TPSA) is 41.6 Å². The third-order valence-electron chi connectivity index (χ3n) is 4.13. The van der Waals surface area contributed by atoms with Gasteiger partial charge in [0, 0.05) is 13.0 Å². The fraction of sp³-hybridized carbons (Fsp3) is 0.588. The highest BCUT2D eigenvalue weighted by Gasteiger charge is 2.25. The van der Waals surface area contributed by atoms with Crippen molar-refractivity contribution in [2.45, 2.75) is 38.6 Å². The van der Waals surface area contributed by atoms with Gasteiger partial charge in [-0.25, -0.2) is 0 Å². The maximum Gasteiger partial charge on any atom is 0.223 e. The summed E-state index contributed by atoms with van der Waals surface area (Å²) < 4.78 is 5.11. The van der Waals surface area contributed by atoms with Crippen LogP contribution < -0.4 is 10.1 Å². The normalized spacial score (nSPS) is 19.1. The Morgan fingerprint density at radius 2 is 1.81 bits per heavy atom. The van der Waals surface area contributed by atoms with Gasteiger partial charge in [-0.15, -0.1) is 0 Å². The van der Waals surface area contributed by atoms with E-state index in [1.165, 1.54) is 25.9 Å². The maximum absolute atomic E-state index is 11.6. The summed E-state index contributed by atoms with van der Waals surface area (Å²) in [4.78, 5) is 13.6. The fourth-order valence-corrected chi connectivity index (χ4v) is 2.77. The van der Waals surface area contributed by atoms with E-state index >= 15 is 0 Å². The molecular weight excluding hydrogens is 264 g/mol. The number of nitrogens with zero attached hydrogens (tertiary/aromatic N) is 1. The summed E-state index contributed by atoms with van der Waals surface area (Å²) in [7, 11) is 1.66. The molecule has 4 heteroatoms. The first-order valence-corrected chi connectivity index (χ1v) is 7.86. The van der Waals surface area contributed by atoms with Crippen molar-refractivity contribution in [1.29, 1.82) is 0 Å². The lowest BCUT2D eigenvalue weighted by atomic mass is 10.1. The van der Waals surface area contributed by atoms with Crippen LogP contribution in [0.3, 0.4) is 0 Å². The Labute approximate surface area is 127 Å². The zero-order valence-corrected chi connectivity index (χ0v) is 13.1. The van der Waals surface area contributed by atoms with E-state index in [-0.39, 0.29) is 11.9 Å². The summed E-state index contributed by atoms with van der Waals surface area (Å²) in [6.07, 6.45) is 4.46. The van der Waals surface area contributed by atoms with Crippen LogP contribution in [-0.4, -0.2) is 37.6 Å². The first kappa shape index (κ1) is 15.8. The number of hydrogen-bond donors (Lipinski definition) is 1. The Bertz CT molecular complexity index is 433. The van der Waals surface area contributed by atoms with E-state index in [0.29, 0.717) is 6.42 Å². The summed E-state index contributed by atoms with van der Waals surface area (Å²) in [5.74, 6) is 1.12. The van der Waals surface area contributed by atoms with Crippen LogP contribution in [0.15, 0.2) is 24.3 Å². The molecule has 2 fully saturated rings. The molecule has 0 radical (unpaired) electrons. The zero-order chi connectivity index (χ0) is 15.1. The Kier molecular flexibility index (Phi) is 6.05. The van der Waals surface area contributed by atoms with Crippen LogP contribution in [0.5, 0.6) is 5.75 Å². The number of ether oxygens (including phenoxy) is 1. The van der Waals surface area contributed by atoms with Gasteiger partial charge in [0.25, 0.3) is 0 Å². The molecule has 0 aromatic heterocycles. The zero-order valence-electron chi connectivity index (χ0n) is 13.1. The molecule has 0 saturated carbocycles. The lowest BCUT2D eigenvalue weighted by Gasteiger charge is -2.24. The van der Waals surface area contributed by atoms with Crippen molar-refractivity contribution in [3.63, 3.8) is 0 Å². The molecule has 2 aliphatic rings. The molecule has 2 heterocycles. The van der Waals surface area contributed by atoms with Gasteiger partial charge < -0.3 is 15.0 Å². The van der Waals surface area contributed by atoms with Crippen LogP contribution in [0.2, 0.25) is 0 Å². The van der Waals surface area contributed by atoms with Crippen LogP contribution in [0.1, 0.15) is 44.2 Å². The molecule has 21 heavy (non-hydrogen) atoms. The van der Waals surface area contributed by atoms with Gasteiger partial charge in [0.05, 0.1) is 13.2 Å². The molecule has 4 nitrogen and oxygen atoms in total. The number of carbonyl (C=O) groups is 1. The highest BCUT2D eigenvalue weighted by molar-refractivity contribution is 5.78. The first-order valence-electron chi connectivity index (χ1n) is 7.86. The Morgan fingerprint density at radius 3 is 2.24 bits per heavy atom. The Hall–Kier alpha value is -1.55. The fourth-order valence-electron chi connectivity index (χ4n) is 2.77. The van der Waals surface area contributed by atoms with Gasteiger partial charge in [0.2, 0.25) is 5.91 Å². The van der Waals surface area contributed by atoms with Gasteiger partial charge in [-0.3, -0.25) is 4.79 Å². The monoisotopic (exact) mass is 290 g/mol. The van der Waals surface area contributed by atoms with Gasteiger partial charge in [-0.05, 0) is 57.0 Å². The number of likely N-dealkylation sites (tertiary alicyclic amines) is 1. The van der Waals surface area contributed by atoms with Gasteiger partial charge in [-0.2, -0.15) is 0 Å². The maximum atomic E-state index is 11.6. The molecule has 1 aromatic rings. The van der Waals surface area contributed by atoms with Crippen molar-refractivity contribution in [3.8, 4) is 5.75 Å². The Morgan fingerprint density at radius 1 is 1.14 bits per heavy atom. The number of hydrogen-bond acceptors (Lipinski definition) is 3. The highest BCUT2D eigenvalue weighted by Crippen LogP contribution is 2.26. The van der Waals surface area contributed by atoms with Crippen molar-refractivity contribution in [3.05, 3.63) is 29.8 Å². The molecule has 3 rings (SSSR count). The summed E-state index contributed by atoms with van der Waals surface area (Å²) in [6.45, 7) is 5.46. The number of nitrogens with one attached hydrogen (secondary N) is 1. The standard InChI is InChI=1S/C13H17NO2.C4H9N/c1-10(14-9-3-4-13(14)15)11-5-7-12(16-2)8-6-11;1-2-4-5-3-1/h5-8,10H,3-4,9H2,1-2H3;5H,1-4H2/t10-;/m1./s1. The van der Waals surface area contributed by atoms with Crippen molar-refractivity contribution >= 4 is 5.91 Å². The van der Waals surface area contributed by atoms with Crippen molar-refractivity contribution in [1.82, 2.24) is 10.2 Å². The lowest BCUT2D eigenvalue weighted by Crippen LogP contribution is -2.27. The third kappa shape index (κ3) is 4.46. The van der Waals surface area contributed by atoms with Gasteiger partial charge >= 0.3 is 0 Å². The number of benzene rings is 1. The molecule has 0 unspecified atom stereocenters. The minimum Gasteiger partial charge on any atom is -0.497 e. The van der Waals surface area contributed by atoms with Gasteiger partial charge in [0.1, 0.15) is 5.75 Å². The quantitative estimate of drug-likeness (QED) is 0.930. The molecule has 2 aliphatic heterocycles. The molecule has 0 aliphatic carbocycles. The van der Waals surface area contributed by atoms with E-state index in [1.807, 2.05) is 29.2 Å². The molecule has 1 N–H and O–H groups in total. The molecule has 1 amide bonds. The van der Waals surface area contributed by atoms with E-state index < -0.39 is 0 Å². The summed E-state index contributed by atoms with van der Waals surface area (Å²) >= 11 is 0. The second-order valence-electron chi connectivity index (χ2n) is 5.60. The summed E-state index contributed by atoms with van der Waals surface area (Å²) in [6, 6.07) is 8.09. The van der Waals surface area contributed by atoms with Crippen LogP contribution in [0, 0.1) is 0 Å². The van der Waals surface area contributed by atoms with Crippen molar-refractivity contribution in [2.75, 3.05) is 26.7 Å². The van der Waals surface area contributed by atoms with E-state index in [9.17, 15) is 4.79 Å². The molecule has 0 spiro atoms. The minimum atomic E-state index is 0.168. The molecule has 0 bridgehead atoms. The second kappa shape index (κ2) is 8.03. The van der Waals surface area contributed by atoms with E-state index in [0.717, 1.165) is 24.3 Å². The highest BCUT2D eigenvalue weighted by atomic mass is 16.5. The van der Waals surface area contributed by atoms with Gasteiger partial charge in [0.15, 0.2) is 0 Å². The first-order chi connectivity index (χ1) is 10.2. The largest absolute Gasteiger partial charge is 0.497 e. The molecule has 2 saturated heterocycles. The minimum absolute atomic E-state index is 0.168. The SMILES string of the molecule is C1CCNC1.COc1ccc([C@@H](C)N2CCCC2=O)cc1. The van der Waals surface area contributed by atoms with Crippen molar-refractivity contribution in [2.24, 2.45) is 0 Å². The number of methoxy groups -OCH3 is 1. The summed E-state index contributed by atoms with van der Waals surface area (Å²) in [5, 5.41) is 3.22. The van der Waals surface area contributed by atoms with Crippen molar-refractivity contribution < 1.29 is 9.53 Å². The van der Waals surface area contributed by atoms with E-state index in [2.05, 4.69) is 12.2 Å². The van der Waals surface area contributed by atoms with E-state index in [4.69, 9.17) is 4.74 Å². The lowest BCUT2D eigenvalue weighted by molar-refractivity contribution is -0.129. The number of rotatable bonds is 3. The third-order valence-corrected chi connectivity index (χ3v) is 4.13. The molecule has 116 valence electrons.